The molecule has 6 nitrogen and oxygen atoms in total. The lowest BCUT2D eigenvalue weighted by Crippen LogP contribution is -2.37. The number of rotatable bonds is 6. The molecule has 0 saturated carbocycles. The summed E-state index contributed by atoms with van der Waals surface area (Å²) >= 11 is 0. The van der Waals surface area contributed by atoms with Crippen LogP contribution in [0.4, 0.5) is 4.39 Å². The van der Waals surface area contributed by atoms with Gasteiger partial charge in [-0.2, -0.15) is 0 Å². The molecule has 0 bridgehead atoms. The lowest BCUT2D eigenvalue weighted by Gasteiger charge is -2.31. The van der Waals surface area contributed by atoms with Gasteiger partial charge >= 0.3 is 0 Å². The third-order valence-electron chi connectivity index (χ3n) is 5.62. The summed E-state index contributed by atoms with van der Waals surface area (Å²) in [5, 5.41) is 0.272. The Labute approximate surface area is 165 Å². The number of hydrogen-bond acceptors (Lipinski definition) is 5. The van der Waals surface area contributed by atoms with Crippen molar-refractivity contribution in [1.82, 2.24) is 19.4 Å². The molecule has 0 N–H and O–H groups in total. The first-order chi connectivity index (χ1) is 13.5. The van der Waals surface area contributed by atoms with Crippen LogP contribution in [0.1, 0.15) is 45.0 Å². The summed E-state index contributed by atoms with van der Waals surface area (Å²) in [5.74, 6) is 0.497. The Morgan fingerprint density at radius 1 is 1.21 bits per heavy atom. The van der Waals surface area contributed by atoms with Crippen LogP contribution in [0.5, 0.6) is 5.75 Å². The monoisotopic (exact) mass is 390 g/mol. The maximum atomic E-state index is 14.7. The Hall–Kier alpha value is -1.99. The largest absolute Gasteiger partial charge is 0.497 e. The lowest BCUT2D eigenvalue weighted by molar-refractivity contribution is 0.180. The molecule has 0 amide bonds. The minimum atomic E-state index is -0.512. The quantitative estimate of drug-likeness (QED) is 0.759. The van der Waals surface area contributed by atoms with Gasteiger partial charge in [0.05, 0.1) is 18.5 Å². The highest BCUT2D eigenvalue weighted by atomic mass is 19.1. The van der Waals surface area contributed by atoms with E-state index >= 15 is 0 Å². The second kappa shape index (κ2) is 9.01. The van der Waals surface area contributed by atoms with Crippen LogP contribution in [0.15, 0.2) is 16.9 Å². The molecule has 1 saturated heterocycles. The summed E-state index contributed by atoms with van der Waals surface area (Å²) in [7, 11) is 3.60. The number of methoxy groups -OCH3 is 1. The van der Waals surface area contributed by atoms with E-state index in [0.29, 0.717) is 18.1 Å². The predicted octanol–water partition coefficient (Wildman–Crippen LogP) is 3.04. The maximum absolute atomic E-state index is 14.7. The molecule has 154 valence electrons. The summed E-state index contributed by atoms with van der Waals surface area (Å²) in [5.41, 5.74) is -0.0631. The molecule has 0 spiro atoms. The van der Waals surface area contributed by atoms with E-state index in [0.717, 1.165) is 45.4 Å². The molecule has 1 aromatic heterocycles. The molecule has 0 aliphatic carbocycles. The van der Waals surface area contributed by atoms with Gasteiger partial charge in [0.25, 0.3) is 5.56 Å². The van der Waals surface area contributed by atoms with Crippen molar-refractivity contribution in [2.24, 2.45) is 0 Å². The van der Waals surface area contributed by atoms with Gasteiger partial charge in [-0.25, -0.2) is 9.37 Å². The standard InChI is InChI=1S/C21H31FN4O2/c1-5-8-18(25-10-7-9-24(3)11-12-25)20-23-19-16(21(27)26(20)6-2)13-15(28-4)14-17(19)22/h13-14,18H,5-12H2,1-4H3. The number of hydrogen-bond donors (Lipinski definition) is 0. The fraction of sp³-hybridized carbons (Fsp3) is 0.619. The first-order valence-electron chi connectivity index (χ1n) is 10.2. The highest BCUT2D eigenvalue weighted by Gasteiger charge is 2.27. The van der Waals surface area contributed by atoms with Gasteiger partial charge < -0.3 is 9.64 Å². The summed E-state index contributed by atoms with van der Waals surface area (Å²) in [6, 6.07) is 2.89. The molecule has 2 aromatic rings. The van der Waals surface area contributed by atoms with E-state index in [1.807, 2.05) is 6.92 Å². The van der Waals surface area contributed by atoms with Gasteiger partial charge in [0.15, 0.2) is 5.82 Å². The van der Waals surface area contributed by atoms with Crippen molar-refractivity contribution < 1.29 is 9.13 Å². The van der Waals surface area contributed by atoms with Crippen molar-refractivity contribution in [2.75, 3.05) is 40.3 Å². The van der Waals surface area contributed by atoms with Crippen molar-refractivity contribution in [3.05, 3.63) is 34.1 Å². The van der Waals surface area contributed by atoms with Gasteiger partial charge in [0.2, 0.25) is 0 Å². The molecule has 3 rings (SSSR count). The average molecular weight is 391 g/mol. The molecule has 1 unspecified atom stereocenters. The van der Waals surface area contributed by atoms with Crippen LogP contribution < -0.4 is 10.3 Å². The van der Waals surface area contributed by atoms with Crippen LogP contribution in [0.2, 0.25) is 0 Å². The number of benzene rings is 1. The van der Waals surface area contributed by atoms with E-state index in [1.54, 1.807) is 10.6 Å². The van der Waals surface area contributed by atoms with Crippen LogP contribution >= 0.6 is 0 Å². The Morgan fingerprint density at radius 3 is 2.68 bits per heavy atom. The first-order valence-corrected chi connectivity index (χ1v) is 10.2. The van der Waals surface area contributed by atoms with Crippen molar-refractivity contribution >= 4 is 10.9 Å². The normalized spacial score (nSPS) is 17.6. The Kier molecular flexibility index (Phi) is 6.67. The predicted molar refractivity (Wildman–Crippen MR) is 110 cm³/mol. The third kappa shape index (κ3) is 4.05. The number of halogens is 1. The van der Waals surface area contributed by atoms with Gasteiger partial charge in [-0.15, -0.1) is 0 Å². The van der Waals surface area contributed by atoms with Gasteiger partial charge in [0.1, 0.15) is 17.1 Å². The van der Waals surface area contributed by atoms with Crippen LogP contribution in [-0.4, -0.2) is 59.7 Å². The van der Waals surface area contributed by atoms with Crippen LogP contribution in [0.3, 0.4) is 0 Å². The first kappa shape index (κ1) is 20.7. The third-order valence-corrected chi connectivity index (χ3v) is 5.62. The highest BCUT2D eigenvalue weighted by molar-refractivity contribution is 5.80. The number of aromatic nitrogens is 2. The minimum absolute atomic E-state index is 0.00931. The fourth-order valence-electron chi connectivity index (χ4n) is 4.08. The van der Waals surface area contributed by atoms with E-state index in [-0.39, 0.29) is 22.5 Å². The zero-order chi connectivity index (χ0) is 20.3. The smallest absolute Gasteiger partial charge is 0.261 e. The van der Waals surface area contributed by atoms with E-state index in [4.69, 9.17) is 9.72 Å². The van der Waals surface area contributed by atoms with Crippen molar-refractivity contribution in [2.45, 2.75) is 45.7 Å². The zero-order valence-corrected chi connectivity index (χ0v) is 17.4. The topological polar surface area (TPSA) is 50.6 Å². The van der Waals surface area contributed by atoms with Crippen molar-refractivity contribution in [3.63, 3.8) is 0 Å². The highest BCUT2D eigenvalue weighted by Crippen LogP contribution is 2.28. The van der Waals surface area contributed by atoms with E-state index in [1.165, 1.54) is 13.2 Å². The molecule has 0 radical (unpaired) electrons. The van der Waals surface area contributed by atoms with Crippen LogP contribution in [0.25, 0.3) is 10.9 Å². The maximum Gasteiger partial charge on any atom is 0.261 e. The van der Waals surface area contributed by atoms with Gasteiger partial charge in [0, 0.05) is 32.2 Å². The van der Waals surface area contributed by atoms with Gasteiger partial charge in [-0.05, 0) is 39.4 Å². The minimum Gasteiger partial charge on any atom is -0.497 e. The molecule has 1 aliphatic heterocycles. The lowest BCUT2D eigenvalue weighted by atomic mass is 10.1. The second-order valence-electron chi connectivity index (χ2n) is 7.52. The SMILES string of the molecule is CCCC(c1nc2c(F)cc(OC)cc2c(=O)n1CC)N1CCCN(C)CC1. The number of fused-ring (bicyclic) bond motifs is 1. The summed E-state index contributed by atoms with van der Waals surface area (Å²) in [6.07, 6.45) is 2.94. The fourth-order valence-corrected chi connectivity index (χ4v) is 4.08. The molecule has 1 aliphatic rings. The number of ether oxygens (including phenoxy) is 1. The molecule has 28 heavy (non-hydrogen) atoms. The molecule has 1 aromatic carbocycles. The van der Waals surface area contributed by atoms with E-state index in [9.17, 15) is 9.18 Å². The van der Waals surface area contributed by atoms with E-state index in [2.05, 4.69) is 23.8 Å². The molecule has 1 fully saturated rings. The second-order valence-corrected chi connectivity index (χ2v) is 7.52. The number of likely N-dealkylation sites (N-methyl/N-ethyl adjacent to an activating group) is 1. The summed E-state index contributed by atoms with van der Waals surface area (Å²) in [4.78, 5) is 22.6. The van der Waals surface area contributed by atoms with E-state index < -0.39 is 5.82 Å². The molecule has 2 heterocycles. The average Bonchev–Trinajstić information content (AvgIpc) is 2.91. The van der Waals surface area contributed by atoms with Crippen LogP contribution in [-0.2, 0) is 6.54 Å². The van der Waals surface area contributed by atoms with Gasteiger partial charge in [-0.3, -0.25) is 14.3 Å². The number of nitrogens with zero attached hydrogens (tertiary/aromatic N) is 4. The molecular weight excluding hydrogens is 359 g/mol. The summed E-state index contributed by atoms with van der Waals surface area (Å²) in [6.45, 7) is 8.50. The zero-order valence-electron chi connectivity index (χ0n) is 17.4. The molecule has 7 heteroatoms. The molecule has 1 atom stereocenters. The summed E-state index contributed by atoms with van der Waals surface area (Å²) < 4.78 is 21.6. The molecular formula is C21H31FN4O2. The van der Waals surface area contributed by atoms with Gasteiger partial charge in [-0.1, -0.05) is 13.3 Å². The Bertz CT molecular complexity index is 883. The Balaban J connectivity index is 2.15. The Morgan fingerprint density at radius 2 is 2.00 bits per heavy atom. The van der Waals surface area contributed by atoms with Crippen molar-refractivity contribution in [3.8, 4) is 5.75 Å². The van der Waals surface area contributed by atoms with Crippen molar-refractivity contribution in [1.29, 1.82) is 0 Å². The van der Waals surface area contributed by atoms with Crippen LogP contribution in [0, 0.1) is 5.82 Å².